The van der Waals surface area contributed by atoms with Crippen LogP contribution in [-0.4, -0.2) is 40.3 Å². The molecule has 1 heterocycles. The van der Waals surface area contributed by atoms with Crippen LogP contribution in [0, 0.1) is 0 Å². The maximum absolute atomic E-state index is 12.2. The number of likely N-dealkylation sites (tertiary alicyclic amines) is 1. The van der Waals surface area contributed by atoms with Crippen molar-refractivity contribution in [2.24, 2.45) is 0 Å². The summed E-state index contributed by atoms with van der Waals surface area (Å²) in [6.45, 7) is 6.37. The monoisotopic (exact) mass is 305 g/mol. The minimum Gasteiger partial charge on any atom is -0.464 e. The molecule has 0 bridgehead atoms. The van der Waals surface area contributed by atoms with E-state index in [2.05, 4.69) is 15.9 Å². The second kappa shape index (κ2) is 5.85. The molecule has 1 unspecified atom stereocenters. The predicted molar refractivity (Wildman–Crippen MR) is 69.0 cm³/mol. The normalized spacial score (nSPS) is 21.2. The van der Waals surface area contributed by atoms with Crippen molar-refractivity contribution >= 4 is 27.8 Å². The van der Waals surface area contributed by atoms with Crippen LogP contribution in [0.5, 0.6) is 0 Å². The largest absolute Gasteiger partial charge is 0.464 e. The highest BCUT2D eigenvalue weighted by molar-refractivity contribution is 9.10. The van der Waals surface area contributed by atoms with Crippen molar-refractivity contribution in [2.75, 3.05) is 13.2 Å². The van der Waals surface area contributed by atoms with Gasteiger partial charge in [0.25, 0.3) is 0 Å². The minimum absolute atomic E-state index is 0.0461. The number of hydrogen-bond donors (Lipinski definition) is 0. The molecule has 0 radical (unpaired) electrons. The van der Waals surface area contributed by atoms with E-state index in [4.69, 9.17) is 4.74 Å². The predicted octanol–water partition coefficient (Wildman–Crippen LogP) is 2.10. The average Bonchev–Trinajstić information content (AvgIpc) is 2.27. The summed E-state index contributed by atoms with van der Waals surface area (Å²) in [6.07, 6.45) is 2.62. The van der Waals surface area contributed by atoms with Gasteiger partial charge in [-0.1, -0.05) is 15.9 Å². The molecule has 1 aliphatic rings. The van der Waals surface area contributed by atoms with Crippen LogP contribution in [0.2, 0.25) is 0 Å². The number of amides is 1. The number of piperidine rings is 1. The van der Waals surface area contributed by atoms with Gasteiger partial charge >= 0.3 is 5.97 Å². The fraction of sp³-hybridized carbons (Fsp3) is 0.833. The Balaban J connectivity index is 2.79. The molecule has 0 aromatic heterocycles. The SMILES string of the molecule is CCOC(=O)C1CCCCN1C(=O)C(C)(C)Br. The van der Waals surface area contributed by atoms with E-state index >= 15 is 0 Å². The summed E-state index contributed by atoms with van der Waals surface area (Å²) in [5.74, 6) is -0.326. The molecular weight excluding hydrogens is 286 g/mol. The van der Waals surface area contributed by atoms with Crippen molar-refractivity contribution in [1.29, 1.82) is 0 Å². The summed E-state index contributed by atoms with van der Waals surface area (Å²) in [5, 5.41) is 0. The maximum Gasteiger partial charge on any atom is 0.328 e. The Morgan fingerprint density at radius 1 is 1.41 bits per heavy atom. The second-order valence-corrected chi connectivity index (χ2v) is 6.72. The number of carbonyl (C=O) groups is 2. The number of rotatable bonds is 3. The lowest BCUT2D eigenvalue weighted by atomic mass is 10.00. The molecule has 1 aliphatic heterocycles. The molecule has 1 atom stereocenters. The highest BCUT2D eigenvalue weighted by Crippen LogP contribution is 2.26. The van der Waals surface area contributed by atoms with E-state index in [9.17, 15) is 9.59 Å². The lowest BCUT2D eigenvalue weighted by molar-refractivity contribution is -0.157. The molecule has 0 aliphatic carbocycles. The van der Waals surface area contributed by atoms with Crippen LogP contribution in [0.15, 0.2) is 0 Å². The molecule has 17 heavy (non-hydrogen) atoms. The van der Waals surface area contributed by atoms with Gasteiger partial charge in [-0.05, 0) is 40.0 Å². The number of carbonyl (C=O) groups excluding carboxylic acids is 2. The quantitative estimate of drug-likeness (QED) is 0.592. The highest BCUT2D eigenvalue weighted by atomic mass is 79.9. The molecule has 0 aromatic carbocycles. The number of halogens is 1. The maximum atomic E-state index is 12.2. The zero-order valence-electron chi connectivity index (χ0n) is 10.7. The van der Waals surface area contributed by atoms with Crippen LogP contribution in [0.1, 0.15) is 40.0 Å². The van der Waals surface area contributed by atoms with E-state index in [1.54, 1.807) is 25.7 Å². The van der Waals surface area contributed by atoms with E-state index in [1.807, 2.05) is 0 Å². The van der Waals surface area contributed by atoms with E-state index in [1.165, 1.54) is 0 Å². The molecule has 5 heteroatoms. The van der Waals surface area contributed by atoms with Gasteiger partial charge in [0.05, 0.1) is 10.9 Å². The third-order valence-electron chi connectivity index (χ3n) is 2.83. The minimum atomic E-state index is -0.630. The average molecular weight is 306 g/mol. The summed E-state index contributed by atoms with van der Waals surface area (Å²) in [7, 11) is 0. The summed E-state index contributed by atoms with van der Waals surface area (Å²) in [5.41, 5.74) is 0. The molecule has 0 aromatic rings. The van der Waals surface area contributed by atoms with E-state index in [0.717, 1.165) is 12.8 Å². The third kappa shape index (κ3) is 3.69. The standard InChI is InChI=1S/C12H20BrNO3/c1-4-17-10(15)9-7-5-6-8-14(9)11(16)12(2,3)13/h9H,4-8H2,1-3H3. The first-order chi connectivity index (χ1) is 7.88. The van der Waals surface area contributed by atoms with Crippen LogP contribution in [0.3, 0.4) is 0 Å². The van der Waals surface area contributed by atoms with Gasteiger partial charge in [-0.25, -0.2) is 4.79 Å². The first-order valence-corrected chi connectivity index (χ1v) is 6.84. The van der Waals surface area contributed by atoms with Gasteiger partial charge < -0.3 is 9.64 Å². The van der Waals surface area contributed by atoms with Crippen LogP contribution in [-0.2, 0) is 14.3 Å². The molecule has 98 valence electrons. The Hall–Kier alpha value is -0.580. The van der Waals surface area contributed by atoms with Crippen molar-refractivity contribution in [3.8, 4) is 0 Å². The number of ether oxygens (including phenoxy) is 1. The van der Waals surface area contributed by atoms with Gasteiger partial charge in [0.15, 0.2) is 0 Å². The van der Waals surface area contributed by atoms with Crippen molar-refractivity contribution in [1.82, 2.24) is 4.90 Å². The fourth-order valence-electron chi connectivity index (χ4n) is 2.00. The summed E-state index contributed by atoms with van der Waals surface area (Å²) in [6, 6.07) is -0.409. The highest BCUT2D eigenvalue weighted by Gasteiger charge is 2.38. The zero-order chi connectivity index (χ0) is 13.1. The zero-order valence-corrected chi connectivity index (χ0v) is 12.2. The molecule has 1 rings (SSSR count). The third-order valence-corrected chi connectivity index (χ3v) is 3.17. The van der Waals surface area contributed by atoms with Gasteiger partial charge in [0, 0.05) is 6.54 Å². The number of nitrogens with zero attached hydrogens (tertiary/aromatic N) is 1. The van der Waals surface area contributed by atoms with Crippen LogP contribution >= 0.6 is 15.9 Å². The smallest absolute Gasteiger partial charge is 0.328 e. The molecule has 0 saturated carbocycles. The van der Waals surface area contributed by atoms with Gasteiger partial charge in [-0.3, -0.25) is 4.79 Å². The van der Waals surface area contributed by atoms with Gasteiger partial charge in [-0.2, -0.15) is 0 Å². The van der Waals surface area contributed by atoms with Crippen molar-refractivity contribution in [3.63, 3.8) is 0 Å². The Kier molecular flexibility index (Phi) is 4.98. The Morgan fingerprint density at radius 3 is 2.59 bits per heavy atom. The molecule has 4 nitrogen and oxygen atoms in total. The van der Waals surface area contributed by atoms with Crippen LogP contribution in [0.25, 0.3) is 0 Å². The van der Waals surface area contributed by atoms with Crippen molar-refractivity contribution in [2.45, 2.75) is 50.4 Å². The van der Waals surface area contributed by atoms with Crippen LogP contribution < -0.4 is 0 Å². The lowest BCUT2D eigenvalue weighted by Gasteiger charge is -2.37. The molecule has 1 amide bonds. The summed E-state index contributed by atoms with van der Waals surface area (Å²) in [4.78, 5) is 25.7. The Bertz CT molecular complexity index is 299. The summed E-state index contributed by atoms with van der Waals surface area (Å²) < 4.78 is 4.40. The molecule has 0 N–H and O–H groups in total. The Morgan fingerprint density at radius 2 is 2.06 bits per heavy atom. The Labute approximate surface area is 111 Å². The van der Waals surface area contributed by atoms with Gasteiger partial charge in [0.1, 0.15) is 6.04 Å². The second-order valence-electron chi connectivity index (χ2n) is 4.73. The molecule has 0 spiro atoms. The van der Waals surface area contributed by atoms with E-state index in [-0.39, 0.29) is 11.9 Å². The first-order valence-electron chi connectivity index (χ1n) is 6.04. The number of hydrogen-bond acceptors (Lipinski definition) is 3. The van der Waals surface area contributed by atoms with Gasteiger partial charge in [-0.15, -0.1) is 0 Å². The number of esters is 1. The van der Waals surface area contributed by atoms with Crippen molar-refractivity contribution in [3.05, 3.63) is 0 Å². The fourth-order valence-corrected chi connectivity index (χ4v) is 2.23. The molecule has 1 saturated heterocycles. The first kappa shape index (κ1) is 14.5. The molecule has 1 fully saturated rings. The van der Waals surface area contributed by atoms with E-state index in [0.29, 0.717) is 19.6 Å². The number of alkyl halides is 1. The molecular formula is C12H20BrNO3. The topological polar surface area (TPSA) is 46.6 Å². The van der Waals surface area contributed by atoms with Gasteiger partial charge in [0.2, 0.25) is 5.91 Å². The van der Waals surface area contributed by atoms with E-state index < -0.39 is 10.4 Å². The summed E-state index contributed by atoms with van der Waals surface area (Å²) >= 11 is 3.35. The van der Waals surface area contributed by atoms with Crippen LogP contribution in [0.4, 0.5) is 0 Å². The van der Waals surface area contributed by atoms with Crippen molar-refractivity contribution < 1.29 is 14.3 Å². The lowest BCUT2D eigenvalue weighted by Crippen LogP contribution is -2.53.